The maximum absolute atomic E-state index is 12.7. The van der Waals surface area contributed by atoms with E-state index in [0.717, 1.165) is 0 Å². The van der Waals surface area contributed by atoms with Crippen molar-refractivity contribution in [3.05, 3.63) is 36.0 Å². The Morgan fingerprint density at radius 3 is 2.57 bits per heavy atom. The number of carbonyl (C=O) groups excluding carboxylic acids is 1. The summed E-state index contributed by atoms with van der Waals surface area (Å²) in [4.78, 5) is 17.9. The number of aromatic nitrogens is 1. The van der Waals surface area contributed by atoms with Crippen LogP contribution in [0.2, 0.25) is 0 Å². The molecule has 1 N–H and O–H groups in total. The minimum atomic E-state index is -4.22. The van der Waals surface area contributed by atoms with Crippen LogP contribution in [0.1, 0.15) is 23.2 Å². The average Bonchev–Trinajstić information content (AvgIpc) is 2.54. The molecule has 1 saturated heterocycles. The molecule has 7 heteroatoms. The van der Waals surface area contributed by atoms with Crippen molar-refractivity contribution in [2.75, 3.05) is 13.1 Å². The predicted molar refractivity (Wildman–Crippen MR) is 78.1 cm³/mol. The van der Waals surface area contributed by atoms with Gasteiger partial charge in [0.1, 0.15) is 5.52 Å². The van der Waals surface area contributed by atoms with Crippen LogP contribution in [0, 0.1) is 5.92 Å². The number of aromatic hydroxyl groups is 1. The largest absolute Gasteiger partial charge is 0.505 e. The number of piperidine rings is 1. The van der Waals surface area contributed by atoms with Gasteiger partial charge >= 0.3 is 6.18 Å². The zero-order valence-corrected chi connectivity index (χ0v) is 12.2. The van der Waals surface area contributed by atoms with Gasteiger partial charge < -0.3 is 10.0 Å². The first-order chi connectivity index (χ1) is 10.9. The number of likely N-dealkylation sites (tertiary alicyclic amines) is 1. The highest BCUT2D eigenvalue weighted by molar-refractivity contribution is 6.02. The van der Waals surface area contributed by atoms with E-state index in [4.69, 9.17) is 0 Å². The summed E-state index contributed by atoms with van der Waals surface area (Å²) < 4.78 is 38.0. The maximum atomic E-state index is 12.7. The Kier molecular flexibility index (Phi) is 3.87. The maximum Gasteiger partial charge on any atom is 0.391 e. The Labute approximate surface area is 130 Å². The van der Waals surface area contributed by atoms with Crippen LogP contribution in [0.25, 0.3) is 10.9 Å². The van der Waals surface area contributed by atoms with E-state index >= 15 is 0 Å². The van der Waals surface area contributed by atoms with Gasteiger partial charge in [-0.15, -0.1) is 0 Å². The van der Waals surface area contributed by atoms with Crippen molar-refractivity contribution in [2.45, 2.75) is 19.0 Å². The SMILES string of the molecule is O=C(c1ccc2cccnc2c1O)N1CCC(C(F)(F)F)CC1. The van der Waals surface area contributed by atoms with Gasteiger partial charge in [0, 0.05) is 24.7 Å². The lowest BCUT2D eigenvalue weighted by Gasteiger charge is -2.33. The highest BCUT2D eigenvalue weighted by Gasteiger charge is 2.41. The third-order valence-electron chi connectivity index (χ3n) is 4.22. The fourth-order valence-electron chi connectivity index (χ4n) is 2.88. The number of phenols is 1. The van der Waals surface area contributed by atoms with Gasteiger partial charge in [0.2, 0.25) is 0 Å². The Morgan fingerprint density at radius 1 is 1.22 bits per heavy atom. The molecule has 0 radical (unpaired) electrons. The molecule has 1 amide bonds. The smallest absolute Gasteiger partial charge is 0.391 e. The van der Waals surface area contributed by atoms with Crippen molar-refractivity contribution in [1.82, 2.24) is 9.88 Å². The molecule has 1 aromatic heterocycles. The highest BCUT2D eigenvalue weighted by atomic mass is 19.4. The first kappa shape index (κ1) is 15.6. The van der Waals surface area contributed by atoms with E-state index in [1.54, 1.807) is 18.2 Å². The molecule has 2 heterocycles. The van der Waals surface area contributed by atoms with Crippen LogP contribution >= 0.6 is 0 Å². The van der Waals surface area contributed by atoms with Crippen LogP contribution in [0.5, 0.6) is 5.75 Å². The number of hydrogen-bond acceptors (Lipinski definition) is 3. The molecular weight excluding hydrogens is 309 g/mol. The average molecular weight is 324 g/mol. The van der Waals surface area contributed by atoms with Crippen molar-refractivity contribution in [1.29, 1.82) is 0 Å². The monoisotopic (exact) mass is 324 g/mol. The predicted octanol–water partition coefficient (Wildman–Crippen LogP) is 3.35. The molecule has 0 spiro atoms. The first-order valence-corrected chi connectivity index (χ1v) is 7.30. The molecule has 0 saturated carbocycles. The summed E-state index contributed by atoms with van der Waals surface area (Å²) in [5.74, 6) is -2.06. The molecule has 0 aliphatic carbocycles. The molecule has 0 unspecified atom stereocenters. The van der Waals surface area contributed by atoms with E-state index in [1.807, 2.05) is 0 Å². The van der Waals surface area contributed by atoms with Crippen LogP contribution in [0.4, 0.5) is 13.2 Å². The van der Waals surface area contributed by atoms with Crippen molar-refractivity contribution in [2.24, 2.45) is 5.92 Å². The summed E-state index contributed by atoms with van der Waals surface area (Å²) in [7, 11) is 0. The molecule has 1 aliphatic heterocycles. The number of halogens is 3. The van der Waals surface area contributed by atoms with E-state index in [0.29, 0.717) is 10.9 Å². The summed E-state index contributed by atoms with van der Waals surface area (Å²) in [5.41, 5.74) is 0.380. The fourth-order valence-corrected chi connectivity index (χ4v) is 2.88. The van der Waals surface area contributed by atoms with Crippen LogP contribution in [0.3, 0.4) is 0 Å². The Hall–Kier alpha value is -2.31. The van der Waals surface area contributed by atoms with Crippen LogP contribution in [0.15, 0.2) is 30.5 Å². The molecule has 1 aromatic carbocycles. The second-order valence-corrected chi connectivity index (χ2v) is 5.64. The van der Waals surface area contributed by atoms with Gasteiger partial charge in [0.25, 0.3) is 5.91 Å². The number of pyridine rings is 1. The fraction of sp³-hybridized carbons (Fsp3) is 0.375. The van der Waals surface area contributed by atoms with Gasteiger partial charge in [0.15, 0.2) is 5.75 Å². The summed E-state index contributed by atoms with van der Waals surface area (Å²) in [6, 6.07) is 6.62. The van der Waals surface area contributed by atoms with Gasteiger partial charge in [-0.2, -0.15) is 13.2 Å². The third kappa shape index (κ3) is 2.95. The first-order valence-electron chi connectivity index (χ1n) is 7.30. The quantitative estimate of drug-likeness (QED) is 0.875. The number of nitrogens with zero attached hydrogens (tertiary/aromatic N) is 2. The lowest BCUT2D eigenvalue weighted by Crippen LogP contribution is -2.42. The standard InChI is InChI=1S/C16H15F3N2O2/c17-16(18,19)11-5-8-21(9-6-11)15(23)12-4-3-10-2-1-7-20-13(10)14(12)22/h1-4,7,11,22H,5-6,8-9H2. The summed E-state index contributed by atoms with van der Waals surface area (Å²) in [6.45, 7) is 0.0609. The van der Waals surface area contributed by atoms with Crippen LogP contribution in [-0.4, -0.2) is 40.2 Å². The Balaban J connectivity index is 1.81. The number of amides is 1. The van der Waals surface area contributed by atoms with Gasteiger partial charge in [-0.05, 0) is 25.0 Å². The number of carbonyl (C=O) groups is 1. The minimum absolute atomic E-state index is 0.0305. The molecular formula is C16H15F3N2O2. The van der Waals surface area contributed by atoms with Gasteiger partial charge in [-0.3, -0.25) is 9.78 Å². The molecule has 1 aliphatic rings. The molecule has 1 fully saturated rings. The molecule has 23 heavy (non-hydrogen) atoms. The van der Waals surface area contributed by atoms with Gasteiger partial charge in [0.05, 0.1) is 11.5 Å². The minimum Gasteiger partial charge on any atom is -0.505 e. The molecule has 0 bridgehead atoms. The number of rotatable bonds is 1. The van der Waals surface area contributed by atoms with E-state index in [1.165, 1.54) is 17.2 Å². The zero-order valence-electron chi connectivity index (χ0n) is 12.2. The van der Waals surface area contributed by atoms with E-state index in [2.05, 4.69) is 4.98 Å². The molecule has 2 aromatic rings. The normalized spacial score (nSPS) is 16.7. The third-order valence-corrected chi connectivity index (χ3v) is 4.22. The highest BCUT2D eigenvalue weighted by Crippen LogP contribution is 2.35. The second kappa shape index (κ2) is 5.72. The van der Waals surface area contributed by atoms with E-state index < -0.39 is 18.0 Å². The summed E-state index contributed by atoms with van der Waals surface area (Å²) in [5, 5.41) is 10.9. The molecule has 0 atom stereocenters. The Morgan fingerprint density at radius 2 is 1.91 bits per heavy atom. The molecule has 3 rings (SSSR count). The van der Waals surface area contributed by atoms with E-state index in [-0.39, 0.29) is 37.2 Å². The van der Waals surface area contributed by atoms with Crippen LogP contribution in [-0.2, 0) is 0 Å². The molecule has 4 nitrogen and oxygen atoms in total. The summed E-state index contributed by atoms with van der Waals surface area (Å²) >= 11 is 0. The lowest BCUT2D eigenvalue weighted by atomic mass is 9.95. The van der Waals surface area contributed by atoms with Crippen molar-refractivity contribution in [3.8, 4) is 5.75 Å². The number of alkyl halides is 3. The number of fused-ring (bicyclic) bond motifs is 1. The molecule has 122 valence electrons. The topological polar surface area (TPSA) is 53.4 Å². The zero-order chi connectivity index (χ0) is 16.6. The Bertz CT molecular complexity index is 738. The summed E-state index contributed by atoms with van der Waals surface area (Å²) in [6.07, 6.45) is -2.93. The van der Waals surface area contributed by atoms with Gasteiger partial charge in [-0.1, -0.05) is 12.1 Å². The number of hydrogen-bond donors (Lipinski definition) is 1. The number of benzene rings is 1. The van der Waals surface area contributed by atoms with Gasteiger partial charge in [-0.25, -0.2) is 0 Å². The van der Waals surface area contributed by atoms with Crippen molar-refractivity contribution >= 4 is 16.8 Å². The van der Waals surface area contributed by atoms with Crippen LogP contribution < -0.4 is 0 Å². The number of phenolic OH excluding ortho intramolecular Hbond substituents is 1. The van der Waals surface area contributed by atoms with Crippen molar-refractivity contribution in [3.63, 3.8) is 0 Å². The lowest BCUT2D eigenvalue weighted by molar-refractivity contribution is -0.183. The second-order valence-electron chi connectivity index (χ2n) is 5.64. The van der Waals surface area contributed by atoms with Crippen molar-refractivity contribution < 1.29 is 23.1 Å². The van der Waals surface area contributed by atoms with E-state index in [9.17, 15) is 23.1 Å².